The van der Waals surface area contributed by atoms with E-state index in [9.17, 15) is 20.7 Å². The molecule has 0 spiro atoms. The van der Waals surface area contributed by atoms with E-state index >= 15 is 0 Å². The minimum atomic E-state index is -4.91. The lowest BCUT2D eigenvalue weighted by Crippen LogP contribution is -2.24. The molecule has 0 aliphatic heterocycles. The van der Waals surface area contributed by atoms with E-state index in [2.05, 4.69) is 4.72 Å². The first kappa shape index (κ1) is 16.1. The number of rotatable bonds is 7. The van der Waals surface area contributed by atoms with Crippen molar-refractivity contribution in [3.8, 4) is 0 Å². The molecule has 0 radical (unpaired) electrons. The molecular weight excluding hydrogens is 293 g/mol. The molecule has 1 aromatic rings. The Kier molecular flexibility index (Phi) is 5.45. The molecule has 0 unspecified atom stereocenters. The van der Waals surface area contributed by atoms with Crippen LogP contribution in [0.2, 0.25) is 0 Å². The van der Waals surface area contributed by atoms with Gasteiger partial charge in [-0.25, -0.2) is 13.1 Å². The first-order valence-electron chi connectivity index (χ1n) is 5.82. The minimum absolute atomic E-state index is 0.261. The molecule has 0 aromatic heterocycles. The summed E-state index contributed by atoms with van der Waals surface area (Å²) in [4.78, 5) is -0.924. The number of unbranched alkanes of at least 4 members (excludes halogenated alkanes) is 2. The molecule has 0 atom stereocenters. The van der Waals surface area contributed by atoms with Crippen molar-refractivity contribution < 1.29 is 20.7 Å². The SMILES string of the molecule is CCCCCNS(=O)(=O)c1cccc(S(=O)(=O)F)c1. The monoisotopic (exact) mass is 309 g/mol. The predicted molar refractivity (Wildman–Crippen MR) is 69.4 cm³/mol. The zero-order valence-corrected chi connectivity index (χ0v) is 12.1. The maximum Gasteiger partial charge on any atom is 0.332 e. The summed E-state index contributed by atoms with van der Waals surface area (Å²) in [5.74, 6) is 0. The van der Waals surface area contributed by atoms with Crippen molar-refractivity contribution in [3.63, 3.8) is 0 Å². The molecule has 1 aromatic carbocycles. The van der Waals surface area contributed by atoms with Gasteiger partial charge in [0.25, 0.3) is 0 Å². The molecule has 108 valence electrons. The normalized spacial score (nSPS) is 12.5. The number of sulfonamides is 1. The number of hydrogen-bond acceptors (Lipinski definition) is 4. The summed E-state index contributed by atoms with van der Waals surface area (Å²) in [7, 11) is -8.71. The van der Waals surface area contributed by atoms with Gasteiger partial charge in [0.05, 0.1) is 9.79 Å². The first-order valence-corrected chi connectivity index (χ1v) is 8.68. The highest BCUT2D eigenvalue weighted by atomic mass is 32.3. The van der Waals surface area contributed by atoms with Gasteiger partial charge in [-0.2, -0.15) is 8.42 Å². The summed E-state index contributed by atoms with van der Waals surface area (Å²) in [6.07, 6.45) is 2.54. The lowest BCUT2D eigenvalue weighted by Gasteiger charge is -2.07. The van der Waals surface area contributed by atoms with Gasteiger partial charge in [0.2, 0.25) is 10.0 Å². The molecule has 5 nitrogen and oxygen atoms in total. The predicted octanol–water partition coefficient (Wildman–Crippen LogP) is 1.81. The Labute approximate surface area is 113 Å². The summed E-state index contributed by atoms with van der Waals surface area (Å²) in [6, 6.07) is 4.22. The molecule has 19 heavy (non-hydrogen) atoms. The number of halogens is 1. The van der Waals surface area contributed by atoms with Crippen LogP contribution < -0.4 is 4.72 Å². The zero-order chi connectivity index (χ0) is 14.5. The lowest BCUT2D eigenvalue weighted by molar-refractivity contribution is 0.551. The summed E-state index contributed by atoms with van der Waals surface area (Å²) >= 11 is 0. The maximum absolute atomic E-state index is 12.8. The molecule has 0 aliphatic rings. The van der Waals surface area contributed by atoms with Crippen molar-refractivity contribution in [2.75, 3.05) is 6.54 Å². The van der Waals surface area contributed by atoms with Gasteiger partial charge < -0.3 is 0 Å². The molecule has 1 N–H and O–H groups in total. The van der Waals surface area contributed by atoms with Crippen molar-refractivity contribution in [1.82, 2.24) is 4.72 Å². The van der Waals surface area contributed by atoms with Crippen LogP contribution in [-0.4, -0.2) is 23.4 Å². The van der Waals surface area contributed by atoms with Crippen molar-refractivity contribution in [3.05, 3.63) is 24.3 Å². The van der Waals surface area contributed by atoms with Crippen LogP contribution in [0.3, 0.4) is 0 Å². The lowest BCUT2D eigenvalue weighted by atomic mass is 10.3. The van der Waals surface area contributed by atoms with Crippen molar-refractivity contribution in [2.24, 2.45) is 0 Å². The molecule has 1 rings (SSSR count). The molecule has 0 saturated heterocycles. The zero-order valence-electron chi connectivity index (χ0n) is 10.5. The third-order valence-electron chi connectivity index (χ3n) is 2.47. The van der Waals surface area contributed by atoms with Crippen LogP contribution in [-0.2, 0) is 20.2 Å². The second kappa shape index (κ2) is 6.44. The minimum Gasteiger partial charge on any atom is -0.211 e. The van der Waals surface area contributed by atoms with Gasteiger partial charge in [0.1, 0.15) is 0 Å². The molecule has 0 heterocycles. The van der Waals surface area contributed by atoms with E-state index < -0.39 is 25.1 Å². The van der Waals surface area contributed by atoms with Gasteiger partial charge in [-0.05, 0) is 24.6 Å². The Hall–Kier alpha value is -0.990. The quantitative estimate of drug-likeness (QED) is 0.615. The molecule has 8 heteroatoms. The van der Waals surface area contributed by atoms with Crippen LogP contribution in [0.4, 0.5) is 3.89 Å². The van der Waals surface area contributed by atoms with E-state index in [0.29, 0.717) is 6.42 Å². The van der Waals surface area contributed by atoms with Crippen LogP contribution in [0.1, 0.15) is 26.2 Å². The van der Waals surface area contributed by atoms with E-state index in [1.54, 1.807) is 0 Å². The molecule has 0 aliphatic carbocycles. The Morgan fingerprint density at radius 2 is 1.74 bits per heavy atom. The van der Waals surface area contributed by atoms with Crippen molar-refractivity contribution in [2.45, 2.75) is 36.0 Å². The highest BCUT2D eigenvalue weighted by Gasteiger charge is 2.18. The molecule has 0 fully saturated rings. The summed E-state index contributed by atoms with van der Waals surface area (Å²) in [5.41, 5.74) is 0. The van der Waals surface area contributed by atoms with Gasteiger partial charge in [-0.3, -0.25) is 0 Å². The van der Waals surface area contributed by atoms with Crippen LogP contribution in [0, 0.1) is 0 Å². The van der Waals surface area contributed by atoms with E-state index in [1.807, 2.05) is 6.92 Å². The van der Waals surface area contributed by atoms with E-state index in [-0.39, 0.29) is 11.4 Å². The van der Waals surface area contributed by atoms with Gasteiger partial charge >= 0.3 is 10.2 Å². The number of hydrogen-bond donors (Lipinski definition) is 1. The average molecular weight is 309 g/mol. The summed E-state index contributed by atoms with van der Waals surface area (Å²) in [5, 5.41) is 0. The largest absolute Gasteiger partial charge is 0.332 e. The van der Waals surface area contributed by atoms with Gasteiger partial charge in [0.15, 0.2) is 0 Å². The van der Waals surface area contributed by atoms with E-state index in [4.69, 9.17) is 0 Å². The van der Waals surface area contributed by atoms with Crippen LogP contribution in [0.25, 0.3) is 0 Å². The van der Waals surface area contributed by atoms with Crippen molar-refractivity contribution >= 4 is 20.2 Å². The number of benzene rings is 1. The Balaban J connectivity index is 2.90. The summed E-state index contributed by atoms with van der Waals surface area (Å²) < 4.78 is 60.3. The van der Waals surface area contributed by atoms with Crippen LogP contribution in [0.15, 0.2) is 34.1 Å². The third-order valence-corrected chi connectivity index (χ3v) is 4.75. The molecule has 0 amide bonds. The third kappa shape index (κ3) is 4.88. The Morgan fingerprint density at radius 1 is 1.11 bits per heavy atom. The Morgan fingerprint density at radius 3 is 2.32 bits per heavy atom. The smallest absolute Gasteiger partial charge is 0.211 e. The second-order valence-electron chi connectivity index (χ2n) is 4.02. The average Bonchev–Trinajstić information content (AvgIpc) is 2.34. The highest BCUT2D eigenvalue weighted by Crippen LogP contribution is 2.17. The topological polar surface area (TPSA) is 80.3 Å². The Bertz CT molecular complexity index is 626. The standard InChI is InChI=1S/C11H16FNO4S2/c1-2-3-4-8-13-19(16,17)11-7-5-6-10(9-11)18(12,14)15/h5-7,9,13H,2-4,8H2,1H3. The molecular formula is C11H16FNO4S2. The molecule has 0 bridgehead atoms. The maximum atomic E-state index is 12.8. The van der Waals surface area contributed by atoms with Gasteiger partial charge in [-0.1, -0.05) is 25.8 Å². The fourth-order valence-electron chi connectivity index (χ4n) is 1.46. The van der Waals surface area contributed by atoms with E-state index in [0.717, 1.165) is 25.0 Å². The van der Waals surface area contributed by atoms with E-state index in [1.165, 1.54) is 12.1 Å². The summed E-state index contributed by atoms with van der Waals surface area (Å²) in [6.45, 7) is 2.26. The van der Waals surface area contributed by atoms with Crippen LogP contribution in [0.5, 0.6) is 0 Å². The van der Waals surface area contributed by atoms with Crippen LogP contribution >= 0.6 is 0 Å². The first-order chi connectivity index (χ1) is 8.77. The fourth-order valence-corrected chi connectivity index (χ4v) is 3.16. The second-order valence-corrected chi connectivity index (χ2v) is 7.13. The van der Waals surface area contributed by atoms with Crippen molar-refractivity contribution in [1.29, 1.82) is 0 Å². The molecule has 0 saturated carbocycles. The van der Waals surface area contributed by atoms with Gasteiger partial charge in [0, 0.05) is 6.54 Å². The fraction of sp³-hybridized carbons (Fsp3) is 0.455. The number of nitrogens with one attached hydrogen (secondary N) is 1. The highest BCUT2D eigenvalue weighted by molar-refractivity contribution is 7.89. The van der Waals surface area contributed by atoms with Gasteiger partial charge in [-0.15, -0.1) is 3.89 Å².